The van der Waals surface area contributed by atoms with E-state index in [1.807, 2.05) is 12.1 Å². The summed E-state index contributed by atoms with van der Waals surface area (Å²) in [5.41, 5.74) is 1.38. The summed E-state index contributed by atoms with van der Waals surface area (Å²) in [6.07, 6.45) is 2.47. The molecule has 0 aromatic heterocycles. The second kappa shape index (κ2) is 4.61. The van der Waals surface area contributed by atoms with Gasteiger partial charge in [0, 0.05) is 24.8 Å². The molecule has 1 aromatic rings. The Kier molecular flexibility index (Phi) is 2.96. The number of piperidine rings is 1. The van der Waals surface area contributed by atoms with Gasteiger partial charge in [-0.1, -0.05) is 0 Å². The fraction of sp³-hybridized carbons (Fsp3) is 0.500. The zero-order valence-electron chi connectivity index (χ0n) is 10.3. The Hall–Kier alpha value is -1.55. The van der Waals surface area contributed by atoms with Gasteiger partial charge in [-0.2, -0.15) is 0 Å². The second-order valence-corrected chi connectivity index (χ2v) is 5.27. The van der Waals surface area contributed by atoms with Crippen molar-refractivity contribution in [1.82, 2.24) is 4.90 Å². The normalized spacial score (nSPS) is 30.1. The summed E-state index contributed by atoms with van der Waals surface area (Å²) in [7, 11) is 0. The number of carboxylic acid groups (broad SMARTS) is 1. The highest BCUT2D eigenvalue weighted by Gasteiger charge is 2.33. The number of carbonyl (C=O) groups is 1. The molecule has 2 aliphatic heterocycles. The lowest BCUT2D eigenvalue weighted by atomic mass is 9.94. The average Bonchev–Trinajstić information content (AvgIpc) is 2.76. The summed E-state index contributed by atoms with van der Waals surface area (Å²) >= 11 is 0. The maximum atomic E-state index is 10.8. The van der Waals surface area contributed by atoms with Gasteiger partial charge in [0.25, 0.3) is 0 Å². The van der Waals surface area contributed by atoms with Crippen molar-refractivity contribution in [3.8, 4) is 0 Å². The number of fused-ring (bicyclic) bond motifs is 2. The second-order valence-electron chi connectivity index (χ2n) is 5.27. The molecule has 4 nitrogen and oxygen atoms in total. The van der Waals surface area contributed by atoms with Crippen molar-refractivity contribution < 1.29 is 9.90 Å². The molecule has 4 heteroatoms. The van der Waals surface area contributed by atoms with Gasteiger partial charge in [-0.25, -0.2) is 4.79 Å². The lowest BCUT2D eigenvalue weighted by Crippen LogP contribution is -2.39. The van der Waals surface area contributed by atoms with Gasteiger partial charge in [0.05, 0.1) is 5.56 Å². The molecule has 2 saturated heterocycles. The van der Waals surface area contributed by atoms with E-state index in [9.17, 15) is 4.79 Å². The highest BCUT2D eigenvalue weighted by atomic mass is 16.4. The van der Waals surface area contributed by atoms with Crippen LogP contribution in [0.3, 0.4) is 0 Å². The van der Waals surface area contributed by atoms with Crippen LogP contribution in [0.25, 0.3) is 0 Å². The van der Waals surface area contributed by atoms with E-state index in [4.69, 9.17) is 5.11 Å². The van der Waals surface area contributed by atoms with Crippen molar-refractivity contribution in [2.45, 2.75) is 18.9 Å². The van der Waals surface area contributed by atoms with E-state index in [1.54, 1.807) is 12.1 Å². The Morgan fingerprint density at radius 1 is 1.22 bits per heavy atom. The standard InChI is InChI=1S/C14H18N2O2/c17-14(18)10-1-3-12(4-2-10)15-13-6-8-16-7-5-11(13)9-16/h1-4,11,13,15H,5-9H2,(H,17,18). The molecule has 0 radical (unpaired) electrons. The molecule has 3 rings (SSSR count). The van der Waals surface area contributed by atoms with Crippen molar-refractivity contribution in [1.29, 1.82) is 0 Å². The van der Waals surface area contributed by atoms with E-state index < -0.39 is 5.97 Å². The number of aromatic carboxylic acids is 1. The predicted molar refractivity (Wildman–Crippen MR) is 70.0 cm³/mol. The molecular formula is C14H18N2O2. The van der Waals surface area contributed by atoms with Crippen molar-refractivity contribution in [3.05, 3.63) is 29.8 Å². The van der Waals surface area contributed by atoms with Gasteiger partial charge in [-0.05, 0) is 49.6 Å². The van der Waals surface area contributed by atoms with E-state index in [2.05, 4.69) is 10.2 Å². The van der Waals surface area contributed by atoms with Crippen LogP contribution >= 0.6 is 0 Å². The van der Waals surface area contributed by atoms with Crippen LogP contribution in [0.4, 0.5) is 5.69 Å². The van der Waals surface area contributed by atoms with Crippen LogP contribution in [0, 0.1) is 5.92 Å². The Morgan fingerprint density at radius 3 is 2.67 bits per heavy atom. The van der Waals surface area contributed by atoms with Gasteiger partial charge in [0.1, 0.15) is 0 Å². The van der Waals surface area contributed by atoms with E-state index >= 15 is 0 Å². The van der Waals surface area contributed by atoms with Crippen molar-refractivity contribution >= 4 is 11.7 Å². The minimum atomic E-state index is -0.870. The van der Waals surface area contributed by atoms with E-state index in [1.165, 1.54) is 32.5 Å². The third-order valence-corrected chi connectivity index (χ3v) is 4.12. The third-order valence-electron chi connectivity index (χ3n) is 4.12. The van der Waals surface area contributed by atoms with Crippen LogP contribution in [-0.4, -0.2) is 41.7 Å². The van der Waals surface area contributed by atoms with Crippen molar-refractivity contribution in [3.63, 3.8) is 0 Å². The van der Waals surface area contributed by atoms with Crippen LogP contribution in [-0.2, 0) is 0 Å². The number of carboxylic acids is 1. The van der Waals surface area contributed by atoms with E-state index in [-0.39, 0.29) is 0 Å². The summed E-state index contributed by atoms with van der Waals surface area (Å²) in [6, 6.07) is 7.60. The highest BCUT2D eigenvalue weighted by molar-refractivity contribution is 5.88. The van der Waals surface area contributed by atoms with Crippen LogP contribution in [0.5, 0.6) is 0 Å². The maximum Gasteiger partial charge on any atom is 0.335 e. The Balaban J connectivity index is 1.67. The maximum absolute atomic E-state index is 10.8. The van der Waals surface area contributed by atoms with Gasteiger partial charge < -0.3 is 15.3 Å². The first-order chi connectivity index (χ1) is 8.72. The number of rotatable bonds is 3. The Bertz CT molecular complexity index is 444. The van der Waals surface area contributed by atoms with Gasteiger partial charge in [-0.3, -0.25) is 0 Å². The number of hydrogen-bond donors (Lipinski definition) is 2. The average molecular weight is 246 g/mol. The molecule has 0 amide bonds. The SMILES string of the molecule is O=C(O)c1ccc(NC2CCN3CCC2C3)cc1. The predicted octanol–water partition coefficient (Wildman–Crippen LogP) is 1.89. The molecule has 2 fully saturated rings. The Morgan fingerprint density at radius 2 is 1.94 bits per heavy atom. The van der Waals surface area contributed by atoms with Crippen LogP contribution in [0.1, 0.15) is 23.2 Å². The highest BCUT2D eigenvalue weighted by Crippen LogP contribution is 2.29. The van der Waals surface area contributed by atoms with Crippen molar-refractivity contribution in [2.75, 3.05) is 25.0 Å². The molecule has 3 atom stereocenters. The number of nitrogens with one attached hydrogen (secondary N) is 1. The molecular weight excluding hydrogens is 228 g/mol. The molecule has 0 saturated carbocycles. The van der Waals surface area contributed by atoms with Gasteiger partial charge in [0.2, 0.25) is 0 Å². The fourth-order valence-corrected chi connectivity index (χ4v) is 3.06. The first-order valence-electron chi connectivity index (χ1n) is 6.54. The minimum absolute atomic E-state index is 0.344. The van der Waals surface area contributed by atoms with Crippen LogP contribution in [0.2, 0.25) is 0 Å². The topological polar surface area (TPSA) is 52.6 Å². The van der Waals surface area contributed by atoms with Crippen LogP contribution in [0.15, 0.2) is 24.3 Å². The first-order valence-corrected chi connectivity index (χ1v) is 6.54. The Labute approximate surface area is 107 Å². The molecule has 0 spiro atoms. The van der Waals surface area contributed by atoms with Gasteiger partial charge in [-0.15, -0.1) is 0 Å². The lowest BCUT2D eigenvalue weighted by Gasteiger charge is -2.31. The summed E-state index contributed by atoms with van der Waals surface area (Å²) in [5.74, 6) is -0.122. The number of benzene rings is 1. The number of hydrogen-bond acceptors (Lipinski definition) is 3. The smallest absolute Gasteiger partial charge is 0.335 e. The summed E-state index contributed by atoms with van der Waals surface area (Å²) < 4.78 is 0. The quantitative estimate of drug-likeness (QED) is 0.855. The molecule has 1 aromatic carbocycles. The van der Waals surface area contributed by atoms with E-state index in [0.717, 1.165) is 11.6 Å². The molecule has 18 heavy (non-hydrogen) atoms. The zero-order valence-corrected chi connectivity index (χ0v) is 10.3. The molecule has 2 bridgehead atoms. The molecule has 2 heterocycles. The molecule has 0 aliphatic carbocycles. The minimum Gasteiger partial charge on any atom is -0.478 e. The fourth-order valence-electron chi connectivity index (χ4n) is 3.06. The summed E-state index contributed by atoms with van der Waals surface area (Å²) in [4.78, 5) is 13.3. The molecule has 2 aliphatic rings. The van der Waals surface area contributed by atoms with Gasteiger partial charge >= 0.3 is 5.97 Å². The van der Waals surface area contributed by atoms with E-state index in [0.29, 0.717) is 11.6 Å². The summed E-state index contributed by atoms with van der Waals surface area (Å²) in [6.45, 7) is 3.63. The monoisotopic (exact) mass is 246 g/mol. The van der Waals surface area contributed by atoms with Crippen molar-refractivity contribution in [2.24, 2.45) is 5.92 Å². The van der Waals surface area contributed by atoms with Crippen LogP contribution < -0.4 is 5.32 Å². The largest absolute Gasteiger partial charge is 0.478 e. The first kappa shape index (κ1) is 11.5. The lowest BCUT2D eigenvalue weighted by molar-refractivity contribution is 0.0697. The number of nitrogens with zero attached hydrogens (tertiary/aromatic N) is 1. The molecule has 2 N–H and O–H groups in total. The zero-order chi connectivity index (χ0) is 12.5. The molecule has 96 valence electrons. The number of anilines is 1. The summed E-state index contributed by atoms with van der Waals surface area (Å²) in [5, 5.41) is 12.4. The third kappa shape index (κ3) is 2.20. The molecule has 3 unspecified atom stereocenters. The van der Waals surface area contributed by atoms with Gasteiger partial charge in [0.15, 0.2) is 0 Å².